The molecule has 0 amide bonds. The van der Waals surface area contributed by atoms with E-state index in [1.165, 1.54) is 6.07 Å². The average Bonchev–Trinajstić information content (AvgIpc) is 3.04. The van der Waals surface area contributed by atoms with Gasteiger partial charge in [-0.25, -0.2) is 4.39 Å². The molecule has 8 heteroatoms. The summed E-state index contributed by atoms with van der Waals surface area (Å²) < 4.78 is 15.1. The van der Waals surface area contributed by atoms with Gasteiger partial charge in [0, 0.05) is 19.8 Å². The number of hydrogen-bond donors (Lipinski definition) is 2. The molecule has 0 aliphatic rings. The predicted molar refractivity (Wildman–Crippen MR) is 111 cm³/mol. The Morgan fingerprint density at radius 3 is 2.85 bits per heavy atom. The van der Waals surface area contributed by atoms with Crippen molar-refractivity contribution in [3.63, 3.8) is 0 Å². The SMILES string of the molecule is CN=C(NCCCc1cccc(F)c1)NCc1nnc2ccccn12.I. The normalized spacial score (nSPS) is 11.2. The summed E-state index contributed by atoms with van der Waals surface area (Å²) in [4.78, 5) is 4.20. The van der Waals surface area contributed by atoms with Crippen molar-refractivity contribution in [2.45, 2.75) is 19.4 Å². The number of aromatic nitrogens is 3. The van der Waals surface area contributed by atoms with Crippen molar-refractivity contribution in [2.24, 2.45) is 4.99 Å². The van der Waals surface area contributed by atoms with Gasteiger partial charge < -0.3 is 10.6 Å². The number of guanidine groups is 1. The molecule has 3 rings (SSSR count). The predicted octanol–water partition coefficient (Wildman–Crippen LogP) is 2.78. The van der Waals surface area contributed by atoms with Gasteiger partial charge in [-0.1, -0.05) is 18.2 Å². The van der Waals surface area contributed by atoms with Gasteiger partial charge in [0.1, 0.15) is 5.82 Å². The maximum atomic E-state index is 13.1. The number of benzene rings is 1. The van der Waals surface area contributed by atoms with E-state index >= 15 is 0 Å². The molecule has 0 saturated carbocycles. The van der Waals surface area contributed by atoms with Crippen LogP contribution in [0.3, 0.4) is 0 Å². The number of nitrogens with zero attached hydrogens (tertiary/aromatic N) is 4. The summed E-state index contributed by atoms with van der Waals surface area (Å²) in [7, 11) is 1.73. The maximum absolute atomic E-state index is 13.1. The lowest BCUT2D eigenvalue weighted by atomic mass is 10.1. The number of pyridine rings is 1. The van der Waals surface area contributed by atoms with Crippen LogP contribution in [0.25, 0.3) is 5.65 Å². The third kappa shape index (κ3) is 5.38. The monoisotopic (exact) mass is 468 g/mol. The molecule has 0 atom stereocenters. The summed E-state index contributed by atoms with van der Waals surface area (Å²) in [5, 5.41) is 14.8. The van der Waals surface area contributed by atoms with Crippen molar-refractivity contribution < 1.29 is 4.39 Å². The largest absolute Gasteiger partial charge is 0.356 e. The molecule has 3 aromatic rings. The van der Waals surface area contributed by atoms with Crippen LogP contribution in [0, 0.1) is 5.82 Å². The van der Waals surface area contributed by atoms with Crippen LogP contribution >= 0.6 is 24.0 Å². The van der Waals surface area contributed by atoms with Crippen molar-refractivity contribution in [3.05, 3.63) is 65.9 Å². The first-order chi connectivity index (χ1) is 12.3. The number of aliphatic imine (C=N–C) groups is 1. The van der Waals surface area contributed by atoms with Crippen molar-refractivity contribution in [3.8, 4) is 0 Å². The molecule has 1 aromatic carbocycles. The van der Waals surface area contributed by atoms with Crippen LogP contribution < -0.4 is 10.6 Å². The van der Waals surface area contributed by atoms with Crippen molar-refractivity contribution >= 4 is 35.6 Å². The van der Waals surface area contributed by atoms with Crippen LogP contribution in [0.2, 0.25) is 0 Å². The third-order valence-corrected chi connectivity index (χ3v) is 3.85. The standard InChI is InChI=1S/C18H21FN6.HI/c1-20-18(21-10-5-7-14-6-4-8-15(19)12-14)22-13-17-24-23-16-9-2-3-11-25(16)17;/h2-4,6,8-9,11-12H,5,7,10,13H2,1H3,(H2,20,21,22);1H. The van der Waals surface area contributed by atoms with Crippen molar-refractivity contribution in [1.82, 2.24) is 25.2 Å². The molecular weight excluding hydrogens is 446 g/mol. The highest BCUT2D eigenvalue weighted by molar-refractivity contribution is 14.0. The molecule has 0 aliphatic carbocycles. The summed E-state index contributed by atoms with van der Waals surface area (Å²) >= 11 is 0. The van der Waals surface area contributed by atoms with Gasteiger partial charge in [0.25, 0.3) is 0 Å². The summed E-state index contributed by atoms with van der Waals surface area (Å²) in [6, 6.07) is 12.5. The number of halogens is 2. The molecule has 2 heterocycles. The van der Waals surface area contributed by atoms with E-state index < -0.39 is 0 Å². The van der Waals surface area contributed by atoms with E-state index in [0.717, 1.165) is 36.4 Å². The topological polar surface area (TPSA) is 66.6 Å². The van der Waals surface area contributed by atoms with Crippen LogP contribution in [0.15, 0.2) is 53.7 Å². The van der Waals surface area contributed by atoms with Crippen molar-refractivity contribution in [1.29, 1.82) is 0 Å². The minimum Gasteiger partial charge on any atom is -0.356 e. The van der Waals surface area contributed by atoms with E-state index in [1.54, 1.807) is 19.2 Å². The minimum absolute atomic E-state index is 0. The molecule has 138 valence electrons. The highest BCUT2D eigenvalue weighted by Gasteiger charge is 2.05. The maximum Gasteiger partial charge on any atom is 0.191 e. The highest BCUT2D eigenvalue weighted by Crippen LogP contribution is 2.05. The Bertz CT molecular complexity index is 864. The Morgan fingerprint density at radius 1 is 1.15 bits per heavy atom. The molecule has 0 saturated heterocycles. The summed E-state index contributed by atoms with van der Waals surface area (Å²) in [5.74, 6) is 1.33. The van der Waals surface area contributed by atoms with E-state index in [2.05, 4.69) is 25.8 Å². The second-order valence-electron chi connectivity index (χ2n) is 5.63. The molecule has 0 spiro atoms. The fourth-order valence-electron chi connectivity index (χ4n) is 2.59. The van der Waals surface area contributed by atoms with Gasteiger partial charge in [-0.2, -0.15) is 0 Å². The Morgan fingerprint density at radius 2 is 2.04 bits per heavy atom. The molecule has 0 fully saturated rings. The van der Waals surface area contributed by atoms with Gasteiger partial charge in [-0.3, -0.25) is 9.39 Å². The Kier molecular flexibility index (Phi) is 7.76. The zero-order chi connectivity index (χ0) is 17.5. The van der Waals surface area contributed by atoms with Crippen molar-refractivity contribution in [2.75, 3.05) is 13.6 Å². The molecule has 0 bridgehead atoms. The fourth-order valence-corrected chi connectivity index (χ4v) is 2.59. The van der Waals surface area contributed by atoms with E-state index in [4.69, 9.17) is 0 Å². The van der Waals surface area contributed by atoms with Crippen LogP contribution in [0.1, 0.15) is 17.8 Å². The van der Waals surface area contributed by atoms with E-state index in [-0.39, 0.29) is 29.8 Å². The van der Waals surface area contributed by atoms with Crippen LogP contribution in [-0.2, 0) is 13.0 Å². The second-order valence-corrected chi connectivity index (χ2v) is 5.63. The average molecular weight is 468 g/mol. The van der Waals surface area contributed by atoms with Gasteiger partial charge in [0.15, 0.2) is 17.4 Å². The van der Waals surface area contributed by atoms with Crippen LogP contribution in [0.4, 0.5) is 4.39 Å². The molecule has 26 heavy (non-hydrogen) atoms. The number of hydrogen-bond acceptors (Lipinski definition) is 3. The molecule has 0 radical (unpaired) electrons. The van der Waals surface area contributed by atoms with Gasteiger partial charge in [-0.15, -0.1) is 34.2 Å². The molecule has 0 aliphatic heterocycles. The third-order valence-electron chi connectivity index (χ3n) is 3.85. The molecule has 2 aromatic heterocycles. The Labute approximate surface area is 169 Å². The zero-order valence-electron chi connectivity index (χ0n) is 14.5. The Hall–Kier alpha value is -2.23. The summed E-state index contributed by atoms with van der Waals surface area (Å²) in [6.45, 7) is 1.27. The fraction of sp³-hybridized carbons (Fsp3) is 0.278. The smallest absolute Gasteiger partial charge is 0.191 e. The first kappa shape index (κ1) is 20.1. The number of nitrogens with one attached hydrogen (secondary N) is 2. The second kappa shape index (κ2) is 10.0. The van der Waals surface area contributed by atoms with Crippen LogP contribution in [0.5, 0.6) is 0 Å². The van der Waals surface area contributed by atoms with E-state index in [1.807, 2.05) is 34.9 Å². The lowest BCUT2D eigenvalue weighted by molar-refractivity contribution is 0.624. The number of aryl methyl sites for hydroxylation is 1. The number of fused-ring (bicyclic) bond motifs is 1. The summed E-state index contributed by atoms with van der Waals surface area (Å²) in [6.07, 6.45) is 3.64. The first-order valence-electron chi connectivity index (χ1n) is 8.24. The minimum atomic E-state index is -0.191. The quantitative estimate of drug-likeness (QED) is 0.253. The number of rotatable bonds is 6. The molecule has 6 nitrogen and oxygen atoms in total. The Balaban J connectivity index is 0.00000243. The summed E-state index contributed by atoms with van der Waals surface area (Å²) in [5.41, 5.74) is 1.82. The van der Waals surface area contributed by atoms with E-state index in [9.17, 15) is 4.39 Å². The lowest BCUT2D eigenvalue weighted by Crippen LogP contribution is -2.37. The first-order valence-corrected chi connectivity index (χ1v) is 8.24. The molecular formula is C18H22FIN6. The lowest BCUT2D eigenvalue weighted by Gasteiger charge is -2.11. The van der Waals surface area contributed by atoms with Gasteiger partial charge in [0.05, 0.1) is 6.54 Å². The van der Waals surface area contributed by atoms with E-state index in [0.29, 0.717) is 12.5 Å². The highest BCUT2D eigenvalue weighted by atomic mass is 127. The van der Waals surface area contributed by atoms with Gasteiger partial charge in [-0.05, 0) is 42.7 Å². The van der Waals surface area contributed by atoms with Crippen LogP contribution in [-0.4, -0.2) is 34.2 Å². The zero-order valence-corrected chi connectivity index (χ0v) is 16.9. The van der Waals surface area contributed by atoms with Gasteiger partial charge in [0.2, 0.25) is 0 Å². The molecule has 0 unspecified atom stereocenters. The van der Waals surface area contributed by atoms with Gasteiger partial charge >= 0.3 is 0 Å². The molecule has 2 N–H and O–H groups in total.